The van der Waals surface area contributed by atoms with Crippen LogP contribution in [0, 0.1) is 17.1 Å². The van der Waals surface area contributed by atoms with Crippen molar-refractivity contribution in [2.24, 2.45) is 0 Å². The van der Waals surface area contributed by atoms with Crippen LogP contribution in [0.5, 0.6) is 0 Å². The van der Waals surface area contributed by atoms with Crippen molar-refractivity contribution >= 4 is 28.7 Å². The first-order chi connectivity index (χ1) is 14.0. The number of nitriles is 1. The van der Waals surface area contributed by atoms with Crippen molar-refractivity contribution in [1.29, 1.82) is 5.26 Å². The van der Waals surface area contributed by atoms with Crippen LogP contribution in [0.3, 0.4) is 0 Å². The smallest absolute Gasteiger partial charge is 0.294 e. The van der Waals surface area contributed by atoms with Crippen molar-refractivity contribution < 1.29 is 19.1 Å². The molecule has 1 aliphatic rings. The number of aliphatic hydroxyl groups excluding tert-OH is 1. The van der Waals surface area contributed by atoms with Gasteiger partial charge >= 0.3 is 0 Å². The number of nitrogens with zero attached hydrogens (tertiary/aromatic N) is 2. The standard InChI is InChI=1S/C22H13FN2O3S/c23-15-7-5-14(6-8-15)19-18(20(26)17-2-1-11-29-17)21(27)22(28)25(19)16-9-3-13(12-24)4-10-16/h1-11,19,27H. The third-order valence-corrected chi connectivity index (χ3v) is 5.53. The molecule has 4 rings (SSSR count). The van der Waals surface area contributed by atoms with Gasteiger partial charge in [0, 0.05) is 5.69 Å². The lowest BCUT2D eigenvalue weighted by atomic mass is 9.95. The molecular weight excluding hydrogens is 391 g/mol. The van der Waals surface area contributed by atoms with Gasteiger partial charge in [-0.25, -0.2) is 4.39 Å². The zero-order valence-corrected chi connectivity index (χ0v) is 15.7. The minimum atomic E-state index is -0.925. The first-order valence-corrected chi connectivity index (χ1v) is 9.49. The molecule has 2 heterocycles. The van der Waals surface area contributed by atoms with Gasteiger partial charge in [0.2, 0.25) is 5.78 Å². The number of benzene rings is 2. The molecule has 1 atom stereocenters. The van der Waals surface area contributed by atoms with Crippen molar-refractivity contribution in [3.63, 3.8) is 0 Å². The van der Waals surface area contributed by atoms with E-state index >= 15 is 0 Å². The number of rotatable bonds is 4. The van der Waals surface area contributed by atoms with E-state index < -0.39 is 29.3 Å². The first-order valence-electron chi connectivity index (χ1n) is 8.62. The monoisotopic (exact) mass is 404 g/mol. The Morgan fingerprint density at radius 1 is 1.10 bits per heavy atom. The number of halogens is 1. The lowest BCUT2D eigenvalue weighted by Gasteiger charge is -2.27. The van der Waals surface area contributed by atoms with Crippen molar-refractivity contribution in [2.75, 3.05) is 4.90 Å². The Kier molecular flexibility index (Phi) is 4.71. The van der Waals surface area contributed by atoms with Crippen molar-refractivity contribution in [3.05, 3.63) is 99.2 Å². The Hall–Kier alpha value is -3.76. The van der Waals surface area contributed by atoms with Gasteiger partial charge in [-0.3, -0.25) is 14.5 Å². The van der Waals surface area contributed by atoms with E-state index in [-0.39, 0.29) is 5.57 Å². The summed E-state index contributed by atoms with van der Waals surface area (Å²) in [5.74, 6) is -2.29. The highest BCUT2D eigenvalue weighted by atomic mass is 32.1. The quantitative estimate of drug-likeness (QED) is 0.647. The maximum atomic E-state index is 13.5. The van der Waals surface area contributed by atoms with Crippen LogP contribution in [-0.4, -0.2) is 16.8 Å². The second-order valence-electron chi connectivity index (χ2n) is 6.36. The van der Waals surface area contributed by atoms with E-state index in [1.807, 2.05) is 6.07 Å². The normalized spacial score (nSPS) is 16.2. The summed E-state index contributed by atoms with van der Waals surface area (Å²) in [7, 11) is 0. The van der Waals surface area contributed by atoms with Gasteiger partial charge in [-0.2, -0.15) is 5.26 Å². The number of carbonyl (C=O) groups is 2. The molecule has 7 heteroatoms. The fourth-order valence-corrected chi connectivity index (χ4v) is 3.98. The average molecular weight is 404 g/mol. The Bertz CT molecular complexity index is 1160. The van der Waals surface area contributed by atoms with E-state index in [0.29, 0.717) is 21.7 Å². The van der Waals surface area contributed by atoms with Gasteiger partial charge in [0.1, 0.15) is 5.82 Å². The van der Waals surface area contributed by atoms with Crippen molar-refractivity contribution in [1.82, 2.24) is 0 Å². The van der Waals surface area contributed by atoms with Crippen LogP contribution in [0.2, 0.25) is 0 Å². The van der Waals surface area contributed by atoms with Crippen LogP contribution in [0.1, 0.15) is 26.8 Å². The Labute approximate surface area is 169 Å². The maximum absolute atomic E-state index is 13.5. The van der Waals surface area contributed by atoms with Crippen LogP contribution in [0.25, 0.3) is 0 Å². The molecule has 0 saturated heterocycles. The molecule has 1 aliphatic heterocycles. The summed E-state index contributed by atoms with van der Waals surface area (Å²) in [4.78, 5) is 27.7. The van der Waals surface area contributed by atoms with Crippen molar-refractivity contribution in [2.45, 2.75) is 6.04 Å². The van der Waals surface area contributed by atoms with E-state index in [9.17, 15) is 19.1 Å². The molecule has 0 saturated carbocycles. The molecule has 29 heavy (non-hydrogen) atoms. The number of Topliss-reactive ketones (excluding diaryl/α,β-unsaturated/α-hetero) is 1. The van der Waals surface area contributed by atoms with Crippen molar-refractivity contribution in [3.8, 4) is 6.07 Å². The lowest BCUT2D eigenvalue weighted by Crippen LogP contribution is -2.31. The molecule has 3 aromatic rings. The van der Waals surface area contributed by atoms with Crippen LogP contribution >= 0.6 is 11.3 Å². The highest BCUT2D eigenvalue weighted by molar-refractivity contribution is 7.12. The van der Waals surface area contributed by atoms with Gasteiger partial charge in [-0.15, -0.1) is 11.3 Å². The van der Waals surface area contributed by atoms with E-state index in [1.165, 1.54) is 40.5 Å². The molecule has 0 bridgehead atoms. The number of anilines is 1. The zero-order chi connectivity index (χ0) is 20.5. The second-order valence-corrected chi connectivity index (χ2v) is 7.30. The second kappa shape index (κ2) is 7.34. The highest BCUT2D eigenvalue weighted by Crippen LogP contribution is 2.42. The number of thiophene rings is 1. The van der Waals surface area contributed by atoms with Gasteiger partial charge in [0.05, 0.1) is 28.1 Å². The predicted octanol–water partition coefficient (Wildman–Crippen LogP) is 4.54. The van der Waals surface area contributed by atoms with E-state index in [2.05, 4.69) is 0 Å². The molecular formula is C22H13FN2O3S. The average Bonchev–Trinajstić information content (AvgIpc) is 3.36. The maximum Gasteiger partial charge on any atom is 0.294 e. The SMILES string of the molecule is N#Cc1ccc(N2C(=O)C(O)=C(C(=O)c3cccs3)C2c2ccc(F)cc2)cc1. The number of aliphatic hydroxyl groups is 1. The highest BCUT2D eigenvalue weighted by Gasteiger charge is 2.44. The molecule has 0 radical (unpaired) electrons. The van der Waals surface area contributed by atoms with Gasteiger partial charge < -0.3 is 5.11 Å². The Morgan fingerprint density at radius 3 is 2.38 bits per heavy atom. The van der Waals surface area contributed by atoms with Crippen LogP contribution in [0.4, 0.5) is 10.1 Å². The summed E-state index contributed by atoms with van der Waals surface area (Å²) in [6, 6.07) is 16.0. The summed E-state index contributed by atoms with van der Waals surface area (Å²) in [6.07, 6.45) is 0. The molecule has 1 aromatic heterocycles. The summed E-state index contributed by atoms with van der Waals surface area (Å²) in [6.45, 7) is 0. The first kappa shape index (κ1) is 18.6. The number of amides is 1. The van der Waals surface area contributed by atoms with Crippen LogP contribution in [-0.2, 0) is 4.79 Å². The molecule has 1 unspecified atom stereocenters. The number of hydrogen-bond acceptors (Lipinski definition) is 5. The topological polar surface area (TPSA) is 81.4 Å². The van der Waals surface area contributed by atoms with Gasteiger partial charge in [0.15, 0.2) is 5.76 Å². The number of carbonyl (C=O) groups excluding carboxylic acids is 2. The largest absolute Gasteiger partial charge is 0.503 e. The zero-order valence-electron chi connectivity index (χ0n) is 14.9. The molecule has 0 fully saturated rings. The van der Waals surface area contributed by atoms with E-state index in [4.69, 9.17) is 5.26 Å². The third-order valence-electron chi connectivity index (χ3n) is 4.66. The minimum absolute atomic E-state index is 0.0617. The number of hydrogen-bond donors (Lipinski definition) is 1. The van der Waals surface area contributed by atoms with Crippen LogP contribution in [0.15, 0.2) is 77.4 Å². The Balaban J connectivity index is 1.87. The predicted molar refractivity (Wildman–Crippen MR) is 106 cm³/mol. The summed E-state index contributed by atoms with van der Waals surface area (Å²) < 4.78 is 13.5. The van der Waals surface area contributed by atoms with E-state index in [1.54, 1.807) is 41.8 Å². The van der Waals surface area contributed by atoms with E-state index in [0.717, 1.165) is 0 Å². The molecule has 1 N–H and O–H groups in total. The molecule has 2 aromatic carbocycles. The minimum Gasteiger partial charge on any atom is -0.503 e. The van der Waals surface area contributed by atoms with Gasteiger partial charge in [0.25, 0.3) is 5.91 Å². The van der Waals surface area contributed by atoms with Gasteiger partial charge in [-0.05, 0) is 53.4 Å². The molecule has 1 amide bonds. The summed E-state index contributed by atoms with van der Waals surface area (Å²) >= 11 is 1.20. The lowest BCUT2D eigenvalue weighted by molar-refractivity contribution is -0.117. The Morgan fingerprint density at radius 2 is 1.79 bits per heavy atom. The molecule has 142 valence electrons. The summed E-state index contributed by atoms with van der Waals surface area (Å²) in [5, 5.41) is 21.3. The summed E-state index contributed by atoms with van der Waals surface area (Å²) in [5.41, 5.74) is 1.23. The molecule has 5 nitrogen and oxygen atoms in total. The fourth-order valence-electron chi connectivity index (χ4n) is 3.30. The molecule has 0 spiro atoms. The fraction of sp³-hybridized carbons (Fsp3) is 0.0455. The molecule has 0 aliphatic carbocycles. The number of ketones is 1. The third kappa shape index (κ3) is 3.20. The van der Waals surface area contributed by atoms with Crippen LogP contribution < -0.4 is 4.90 Å². The van der Waals surface area contributed by atoms with Gasteiger partial charge in [-0.1, -0.05) is 18.2 Å².